The molecule has 2 aliphatic heterocycles. The van der Waals surface area contributed by atoms with Gasteiger partial charge in [-0.25, -0.2) is 0 Å². The fraction of sp³-hybridized carbons (Fsp3) is 0.909. The fourth-order valence-electron chi connectivity index (χ4n) is 2.77. The van der Waals surface area contributed by atoms with Crippen LogP contribution in [-0.4, -0.2) is 43.9 Å². The van der Waals surface area contributed by atoms with Crippen molar-refractivity contribution in [3.05, 3.63) is 0 Å². The number of hydrogen-bond donors (Lipinski definition) is 1. The van der Waals surface area contributed by atoms with Gasteiger partial charge in [0.1, 0.15) is 6.29 Å². The molecule has 3 nitrogen and oxygen atoms in total. The molecule has 1 N–H and O–H groups in total. The molecule has 4 heteroatoms. The molecule has 88 valence electrons. The Hall–Kier alpha value is -0.120. The van der Waals surface area contributed by atoms with Crippen LogP contribution >= 0.6 is 12.4 Å². The average molecular weight is 233 g/mol. The summed E-state index contributed by atoms with van der Waals surface area (Å²) in [5.74, 6) is 0. The van der Waals surface area contributed by atoms with Crippen molar-refractivity contribution in [1.29, 1.82) is 0 Å². The van der Waals surface area contributed by atoms with Crippen LogP contribution in [0.15, 0.2) is 0 Å². The van der Waals surface area contributed by atoms with Crippen LogP contribution in [0.5, 0.6) is 0 Å². The topological polar surface area (TPSA) is 32.3 Å². The Morgan fingerprint density at radius 2 is 1.73 bits per heavy atom. The molecule has 2 rings (SSSR count). The third-order valence-electron chi connectivity index (χ3n) is 3.91. The predicted molar refractivity (Wildman–Crippen MR) is 63.5 cm³/mol. The van der Waals surface area contributed by atoms with Crippen LogP contribution in [0, 0.1) is 5.41 Å². The van der Waals surface area contributed by atoms with Gasteiger partial charge in [-0.2, -0.15) is 0 Å². The van der Waals surface area contributed by atoms with Crippen LogP contribution in [0.2, 0.25) is 0 Å². The highest BCUT2D eigenvalue weighted by Gasteiger charge is 2.35. The summed E-state index contributed by atoms with van der Waals surface area (Å²) in [7, 11) is 0. The van der Waals surface area contributed by atoms with Crippen LogP contribution in [-0.2, 0) is 4.79 Å². The van der Waals surface area contributed by atoms with E-state index in [4.69, 9.17) is 0 Å². The smallest absolute Gasteiger partial charge is 0.133 e. The number of piperidine rings is 2. The third kappa shape index (κ3) is 3.16. The van der Waals surface area contributed by atoms with Gasteiger partial charge >= 0.3 is 0 Å². The Morgan fingerprint density at radius 3 is 2.27 bits per heavy atom. The molecule has 0 aromatic carbocycles. The first-order valence-electron chi connectivity index (χ1n) is 5.71. The lowest BCUT2D eigenvalue weighted by atomic mass is 9.71. The van der Waals surface area contributed by atoms with E-state index in [1.54, 1.807) is 0 Å². The van der Waals surface area contributed by atoms with E-state index in [0.717, 1.165) is 19.4 Å². The van der Waals surface area contributed by atoms with Gasteiger partial charge in [-0.15, -0.1) is 12.4 Å². The van der Waals surface area contributed by atoms with Crippen molar-refractivity contribution in [2.75, 3.05) is 32.7 Å². The van der Waals surface area contributed by atoms with Crippen molar-refractivity contribution in [2.45, 2.75) is 25.7 Å². The van der Waals surface area contributed by atoms with Gasteiger partial charge in [0.2, 0.25) is 0 Å². The van der Waals surface area contributed by atoms with E-state index in [0.29, 0.717) is 12.0 Å². The Labute approximate surface area is 98.0 Å². The van der Waals surface area contributed by atoms with Crippen molar-refractivity contribution in [1.82, 2.24) is 10.2 Å². The number of rotatable bonds is 2. The Balaban J connectivity index is 0.00000112. The highest BCUT2D eigenvalue weighted by molar-refractivity contribution is 5.85. The van der Waals surface area contributed by atoms with E-state index in [2.05, 4.69) is 10.2 Å². The second-order valence-corrected chi connectivity index (χ2v) is 4.72. The molecule has 0 bridgehead atoms. The van der Waals surface area contributed by atoms with Crippen molar-refractivity contribution in [2.24, 2.45) is 5.41 Å². The van der Waals surface area contributed by atoms with E-state index in [1.807, 2.05) is 0 Å². The number of nitrogens with zero attached hydrogens (tertiary/aromatic N) is 1. The summed E-state index contributed by atoms with van der Waals surface area (Å²) in [5, 5.41) is 3.42. The van der Waals surface area contributed by atoms with Gasteiger partial charge < -0.3 is 10.1 Å². The lowest BCUT2D eigenvalue weighted by Gasteiger charge is -2.44. The van der Waals surface area contributed by atoms with Crippen LogP contribution in [0.1, 0.15) is 25.7 Å². The summed E-state index contributed by atoms with van der Waals surface area (Å²) in [4.78, 5) is 12.7. The fourth-order valence-corrected chi connectivity index (χ4v) is 2.77. The normalized spacial score (nSPS) is 25.9. The molecule has 0 saturated carbocycles. The largest absolute Gasteiger partial charge is 0.317 e. The molecule has 0 aliphatic carbocycles. The van der Waals surface area contributed by atoms with E-state index in [1.165, 1.54) is 38.8 Å². The quantitative estimate of drug-likeness (QED) is 0.723. The van der Waals surface area contributed by atoms with Crippen LogP contribution < -0.4 is 5.32 Å². The van der Waals surface area contributed by atoms with Crippen molar-refractivity contribution in [3.63, 3.8) is 0 Å². The summed E-state index contributed by atoms with van der Waals surface area (Å²) in [5.41, 5.74) is 0.616. The molecule has 2 fully saturated rings. The van der Waals surface area contributed by atoms with Gasteiger partial charge in [-0.3, -0.25) is 4.90 Å². The molecule has 2 aliphatic rings. The first kappa shape index (κ1) is 12.9. The highest BCUT2D eigenvalue weighted by atomic mass is 35.5. The molecule has 2 saturated heterocycles. The zero-order chi connectivity index (χ0) is 9.86. The molecule has 0 atom stereocenters. The molecule has 0 amide bonds. The van der Waals surface area contributed by atoms with Crippen molar-refractivity contribution >= 4 is 18.7 Å². The number of carbonyl (C=O) groups is 1. The van der Waals surface area contributed by atoms with Gasteiger partial charge in [0.25, 0.3) is 0 Å². The molecule has 2 heterocycles. The molecule has 0 radical (unpaired) electrons. The van der Waals surface area contributed by atoms with E-state index >= 15 is 0 Å². The minimum Gasteiger partial charge on any atom is -0.317 e. The average Bonchev–Trinajstić information content (AvgIpc) is 2.24. The van der Waals surface area contributed by atoms with E-state index < -0.39 is 0 Å². The number of likely N-dealkylation sites (tertiary alicyclic amines) is 1. The number of nitrogens with one attached hydrogen (secondary N) is 1. The van der Waals surface area contributed by atoms with Gasteiger partial charge in [-0.05, 0) is 57.3 Å². The Morgan fingerprint density at radius 1 is 1.13 bits per heavy atom. The minimum absolute atomic E-state index is 0. The first-order chi connectivity index (χ1) is 6.85. The summed E-state index contributed by atoms with van der Waals surface area (Å²) in [6, 6.07) is 0. The van der Waals surface area contributed by atoms with Crippen LogP contribution in [0.25, 0.3) is 0 Å². The van der Waals surface area contributed by atoms with Gasteiger partial charge in [0.05, 0.1) is 6.54 Å². The maximum absolute atomic E-state index is 10.4. The maximum Gasteiger partial charge on any atom is 0.133 e. The van der Waals surface area contributed by atoms with Crippen LogP contribution in [0.4, 0.5) is 0 Å². The predicted octanol–water partition coefficient (Wildman–Crippen LogP) is 1.07. The monoisotopic (exact) mass is 232 g/mol. The number of aldehydes is 1. The highest BCUT2D eigenvalue weighted by Crippen LogP contribution is 2.39. The summed E-state index contributed by atoms with van der Waals surface area (Å²) in [6.07, 6.45) is 6.29. The van der Waals surface area contributed by atoms with E-state index in [9.17, 15) is 4.79 Å². The van der Waals surface area contributed by atoms with Crippen LogP contribution in [0.3, 0.4) is 0 Å². The minimum atomic E-state index is 0. The molecule has 1 spiro atoms. The summed E-state index contributed by atoms with van der Waals surface area (Å²) >= 11 is 0. The Kier molecular flexibility index (Phi) is 5.03. The lowest BCUT2D eigenvalue weighted by molar-refractivity contribution is -0.109. The van der Waals surface area contributed by atoms with Crippen molar-refractivity contribution < 1.29 is 4.79 Å². The maximum atomic E-state index is 10.4. The molecular weight excluding hydrogens is 212 g/mol. The summed E-state index contributed by atoms with van der Waals surface area (Å²) < 4.78 is 0. The molecule has 0 aromatic rings. The van der Waals surface area contributed by atoms with Gasteiger partial charge in [0.15, 0.2) is 0 Å². The number of hydrogen-bond acceptors (Lipinski definition) is 3. The second kappa shape index (κ2) is 5.83. The standard InChI is InChI=1S/C11H20N2O.ClH/c14-10-9-13-7-3-11(4-8-13)1-5-12-6-2-11;/h10,12H,1-9H2;1H. The number of carbonyl (C=O) groups excluding carboxylic acids is 1. The third-order valence-corrected chi connectivity index (χ3v) is 3.91. The summed E-state index contributed by atoms with van der Waals surface area (Å²) in [6.45, 7) is 5.26. The molecule has 0 unspecified atom stereocenters. The molecule has 0 aromatic heterocycles. The van der Waals surface area contributed by atoms with Crippen molar-refractivity contribution in [3.8, 4) is 0 Å². The number of halogens is 1. The zero-order valence-electron chi connectivity index (χ0n) is 9.21. The van der Waals surface area contributed by atoms with E-state index in [-0.39, 0.29) is 12.4 Å². The Bertz CT molecular complexity index is 195. The molecule has 15 heavy (non-hydrogen) atoms. The SMILES string of the molecule is Cl.O=CCN1CCC2(CCNCC2)CC1. The first-order valence-corrected chi connectivity index (χ1v) is 5.71. The molecular formula is C11H21ClN2O. The van der Waals surface area contributed by atoms with Gasteiger partial charge in [0, 0.05) is 0 Å². The second-order valence-electron chi connectivity index (χ2n) is 4.72. The lowest BCUT2D eigenvalue weighted by Crippen LogP contribution is -2.45. The zero-order valence-corrected chi connectivity index (χ0v) is 10.0. The van der Waals surface area contributed by atoms with Gasteiger partial charge in [-0.1, -0.05) is 0 Å².